The average molecular weight is 383 g/mol. The molecule has 1 fully saturated rings. The summed E-state index contributed by atoms with van der Waals surface area (Å²) in [6.07, 6.45) is 1.53. The average Bonchev–Trinajstić information content (AvgIpc) is 3.18. The lowest BCUT2D eigenvalue weighted by Crippen LogP contribution is -2.39. The van der Waals surface area contributed by atoms with Crippen molar-refractivity contribution in [3.05, 3.63) is 71.1 Å². The number of benzene rings is 2. The largest absolute Gasteiger partial charge is 0.339 e. The van der Waals surface area contributed by atoms with Crippen LogP contribution in [0.25, 0.3) is 11.4 Å². The van der Waals surface area contributed by atoms with Gasteiger partial charge < -0.3 is 9.42 Å². The zero-order valence-electron chi connectivity index (χ0n) is 15.4. The molecule has 0 N–H and O–H groups in total. The zero-order chi connectivity index (χ0) is 19.7. The van der Waals surface area contributed by atoms with E-state index in [1.54, 1.807) is 4.90 Å². The van der Waals surface area contributed by atoms with E-state index in [2.05, 4.69) is 10.1 Å². The molecule has 3 aromatic rings. The van der Waals surface area contributed by atoms with Crippen LogP contribution in [0.4, 0.5) is 8.78 Å². The van der Waals surface area contributed by atoms with Crippen molar-refractivity contribution in [2.24, 2.45) is 0 Å². The van der Waals surface area contributed by atoms with E-state index in [0.717, 1.165) is 36.1 Å². The second-order valence-electron chi connectivity index (χ2n) is 7.04. The molecule has 1 aliphatic rings. The molecule has 0 spiro atoms. The van der Waals surface area contributed by atoms with Crippen molar-refractivity contribution in [3.8, 4) is 11.4 Å². The van der Waals surface area contributed by atoms with E-state index in [1.165, 1.54) is 6.07 Å². The first-order valence-electron chi connectivity index (χ1n) is 9.16. The first-order valence-corrected chi connectivity index (χ1v) is 9.16. The van der Waals surface area contributed by atoms with Crippen LogP contribution in [0.2, 0.25) is 0 Å². The predicted molar refractivity (Wildman–Crippen MR) is 98.7 cm³/mol. The maximum absolute atomic E-state index is 14.0. The van der Waals surface area contributed by atoms with Gasteiger partial charge >= 0.3 is 0 Å². The third-order valence-corrected chi connectivity index (χ3v) is 4.97. The Morgan fingerprint density at radius 3 is 2.71 bits per heavy atom. The lowest BCUT2D eigenvalue weighted by molar-refractivity contribution is 0.0691. The van der Waals surface area contributed by atoms with Gasteiger partial charge in [-0.05, 0) is 31.9 Å². The summed E-state index contributed by atoms with van der Waals surface area (Å²) in [7, 11) is 0. The highest BCUT2D eigenvalue weighted by Gasteiger charge is 2.30. The molecule has 1 aromatic heterocycles. The number of nitrogens with zero attached hydrogens (tertiary/aromatic N) is 3. The fourth-order valence-electron chi connectivity index (χ4n) is 3.42. The van der Waals surface area contributed by atoms with Crippen molar-refractivity contribution in [1.29, 1.82) is 0 Å². The van der Waals surface area contributed by atoms with E-state index in [-0.39, 0.29) is 11.5 Å². The van der Waals surface area contributed by atoms with Crippen molar-refractivity contribution in [1.82, 2.24) is 15.0 Å². The minimum absolute atomic E-state index is 0.118. The molecule has 2 heterocycles. The van der Waals surface area contributed by atoms with Gasteiger partial charge in [-0.25, -0.2) is 8.78 Å². The standard InChI is InChI=1S/C21H19F2N3O2/c1-13-4-6-14(7-5-13)19-24-20(28-25-19)15-3-2-10-26(12-15)21(27)17-9-8-16(22)11-18(17)23/h4-9,11,15H,2-3,10,12H2,1H3. The molecule has 28 heavy (non-hydrogen) atoms. The van der Waals surface area contributed by atoms with Crippen molar-refractivity contribution in [2.45, 2.75) is 25.7 Å². The maximum Gasteiger partial charge on any atom is 0.256 e. The Balaban J connectivity index is 1.51. The van der Waals surface area contributed by atoms with Gasteiger partial charge in [0.1, 0.15) is 11.6 Å². The van der Waals surface area contributed by atoms with Crippen LogP contribution in [0, 0.1) is 18.6 Å². The van der Waals surface area contributed by atoms with Crippen LogP contribution in [-0.4, -0.2) is 34.0 Å². The number of carbonyl (C=O) groups excluding carboxylic acids is 1. The predicted octanol–water partition coefficient (Wildman–Crippen LogP) is 4.34. The van der Waals surface area contributed by atoms with Crippen molar-refractivity contribution in [2.75, 3.05) is 13.1 Å². The summed E-state index contributed by atoms with van der Waals surface area (Å²) in [4.78, 5) is 18.7. The molecule has 1 unspecified atom stereocenters. The molecule has 1 aliphatic heterocycles. The monoisotopic (exact) mass is 383 g/mol. The summed E-state index contributed by atoms with van der Waals surface area (Å²) in [5, 5.41) is 4.05. The molecular weight excluding hydrogens is 364 g/mol. The van der Waals surface area contributed by atoms with Crippen molar-refractivity contribution < 1.29 is 18.1 Å². The van der Waals surface area contributed by atoms with Crippen molar-refractivity contribution in [3.63, 3.8) is 0 Å². The van der Waals surface area contributed by atoms with Crippen LogP contribution in [0.15, 0.2) is 47.0 Å². The summed E-state index contributed by atoms with van der Waals surface area (Å²) >= 11 is 0. The smallest absolute Gasteiger partial charge is 0.256 e. The van der Waals surface area contributed by atoms with E-state index < -0.39 is 17.5 Å². The van der Waals surface area contributed by atoms with Gasteiger partial charge in [-0.3, -0.25) is 4.79 Å². The van der Waals surface area contributed by atoms with Crippen LogP contribution in [0.3, 0.4) is 0 Å². The quantitative estimate of drug-likeness (QED) is 0.675. The third kappa shape index (κ3) is 3.65. The lowest BCUT2D eigenvalue weighted by Gasteiger charge is -2.31. The topological polar surface area (TPSA) is 59.2 Å². The second kappa shape index (κ2) is 7.50. The molecule has 4 rings (SSSR count). The molecule has 0 aliphatic carbocycles. The van der Waals surface area contributed by atoms with Crippen LogP contribution in [0.1, 0.15) is 40.6 Å². The Bertz CT molecular complexity index is 1000. The molecule has 5 nitrogen and oxygen atoms in total. The molecular formula is C21H19F2N3O2. The van der Waals surface area contributed by atoms with E-state index in [0.29, 0.717) is 24.8 Å². The number of halogens is 2. The summed E-state index contributed by atoms with van der Waals surface area (Å²) in [5.41, 5.74) is 1.87. The van der Waals surface area contributed by atoms with Gasteiger partial charge in [0.25, 0.3) is 5.91 Å². The molecule has 0 bridgehead atoms. The second-order valence-corrected chi connectivity index (χ2v) is 7.04. The number of aryl methyl sites for hydroxylation is 1. The summed E-state index contributed by atoms with van der Waals surface area (Å²) in [5.74, 6) is -1.17. The lowest BCUT2D eigenvalue weighted by atomic mass is 9.97. The Morgan fingerprint density at radius 2 is 1.96 bits per heavy atom. The number of carbonyl (C=O) groups is 1. The minimum atomic E-state index is -0.855. The molecule has 144 valence electrons. The van der Waals surface area contributed by atoms with Crippen LogP contribution >= 0.6 is 0 Å². The number of aromatic nitrogens is 2. The van der Waals surface area contributed by atoms with Gasteiger partial charge in [0.05, 0.1) is 11.5 Å². The van der Waals surface area contributed by atoms with Crippen LogP contribution in [0.5, 0.6) is 0 Å². The van der Waals surface area contributed by atoms with E-state index >= 15 is 0 Å². The van der Waals surface area contributed by atoms with E-state index in [1.807, 2.05) is 31.2 Å². The first-order chi connectivity index (χ1) is 13.5. The number of hydrogen-bond donors (Lipinski definition) is 0. The van der Waals surface area contributed by atoms with Gasteiger partial charge in [-0.15, -0.1) is 0 Å². The summed E-state index contributed by atoms with van der Waals surface area (Å²) in [6.45, 7) is 2.86. The highest BCUT2D eigenvalue weighted by molar-refractivity contribution is 5.94. The molecule has 2 aromatic carbocycles. The van der Waals surface area contributed by atoms with Gasteiger partial charge in [0.2, 0.25) is 11.7 Å². The van der Waals surface area contributed by atoms with E-state index in [4.69, 9.17) is 4.52 Å². The molecule has 1 saturated heterocycles. The SMILES string of the molecule is Cc1ccc(-c2noc(C3CCCN(C(=O)c4ccc(F)cc4F)C3)n2)cc1. The summed E-state index contributed by atoms with van der Waals surface area (Å²) < 4.78 is 32.5. The summed E-state index contributed by atoms with van der Waals surface area (Å²) in [6, 6.07) is 10.8. The van der Waals surface area contributed by atoms with Crippen molar-refractivity contribution >= 4 is 5.91 Å². The fourth-order valence-corrected chi connectivity index (χ4v) is 3.42. The Labute approximate surface area is 161 Å². The fraction of sp³-hybridized carbons (Fsp3) is 0.286. The third-order valence-electron chi connectivity index (χ3n) is 4.97. The Kier molecular flexibility index (Phi) is 4.90. The number of rotatable bonds is 3. The van der Waals surface area contributed by atoms with Gasteiger partial charge in [-0.2, -0.15) is 4.98 Å². The molecule has 0 saturated carbocycles. The van der Waals surface area contributed by atoms with Crippen LogP contribution < -0.4 is 0 Å². The van der Waals surface area contributed by atoms with Gasteiger partial charge in [0.15, 0.2) is 0 Å². The van der Waals surface area contributed by atoms with Gasteiger partial charge in [-0.1, -0.05) is 35.0 Å². The molecule has 1 amide bonds. The first kappa shape index (κ1) is 18.3. The maximum atomic E-state index is 14.0. The highest BCUT2D eigenvalue weighted by Crippen LogP contribution is 2.28. The van der Waals surface area contributed by atoms with E-state index in [9.17, 15) is 13.6 Å². The molecule has 0 radical (unpaired) electrons. The molecule has 1 atom stereocenters. The Hall–Kier alpha value is -3.09. The Morgan fingerprint density at radius 1 is 1.18 bits per heavy atom. The minimum Gasteiger partial charge on any atom is -0.339 e. The van der Waals surface area contributed by atoms with Gasteiger partial charge in [0, 0.05) is 24.7 Å². The van der Waals surface area contributed by atoms with Crippen LogP contribution in [-0.2, 0) is 0 Å². The number of piperidine rings is 1. The normalized spacial score (nSPS) is 17.0. The highest BCUT2D eigenvalue weighted by atomic mass is 19.1. The number of hydrogen-bond acceptors (Lipinski definition) is 4. The number of amides is 1. The zero-order valence-corrected chi connectivity index (χ0v) is 15.4. The molecule has 7 heteroatoms. The number of likely N-dealkylation sites (tertiary alicyclic amines) is 1.